The molecule has 2 aliphatic rings. The maximum atomic E-state index is 13.4. The van der Waals surface area contributed by atoms with E-state index < -0.39 is 28.1 Å². The lowest BCUT2D eigenvalue weighted by molar-refractivity contribution is -0.384. The molecule has 10 heteroatoms. The summed E-state index contributed by atoms with van der Waals surface area (Å²) in [6, 6.07) is 4.96. The van der Waals surface area contributed by atoms with Gasteiger partial charge in [0.2, 0.25) is 0 Å². The predicted octanol–water partition coefficient (Wildman–Crippen LogP) is 2.67. The van der Waals surface area contributed by atoms with Crippen molar-refractivity contribution in [2.45, 2.75) is 44.7 Å². The van der Waals surface area contributed by atoms with Gasteiger partial charge in [-0.05, 0) is 45.7 Å². The first-order valence-electron chi connectivity index (χ1n) is 8.90. The molecule has 28 heavy (non-hydrogen) atoms. The van der Waals surface area contributed by atoms with Crippen LogP contribution in [0, 0.1) is 10.1 Å². The molecule has 0 aromatic heterocycles. The summed E-state index contributed by atoms with van der Waals surface area (Å²) in [6.45, 7) is 5.50. The van der Waals surface area contributed by atoms with E-state index in [1.54, 1.807) is 20.8 Å². The largest absolute Gasteiger partial charge is 0.465 e. The van der Waals surface area contributed by atoms with E-state index in [2.05, 4.69) is 0 Å². The van der Waals surface area contributed by atoms with E-state index in [1.807, 2.05) is 0 Å². The van der Waals surface area contributed by atoms with Crippen molar-refractivity contribution in [3.8, 4) is 0 Å². The van der Waals surface area contributed by atoms with Gasteiger partial charge in [0.1, 0.15) is 5.54 Å². The average Bonchev–Trinajstić information content (AvgIpc) is 2.82. The van der Waals surface area contributed by atoms with Crippen molar-refractivity contribution in [3.05, 3.63) is 34.4 Å². The van der Waals surface area contributed by atoms with Gasteiger partial charge in [0, 0.05) is 36.4 Å². The van der Waals surface area contributed by atoms with Crippen molar-refractivity contribution in [3.63, 3.8) is 0 Å². The summed E-state index contributed by atoms with van der Waals surface area (Å²) >= 11 is 0. The molecule has 2 saturated heterocycles. The van der Waals surface area contributed by atoms with E-state index in [0.29, 0.717) is 5.69 Å². The number of hydrogen-bond acceptors (Lipinski definition) is 5. The van der Waals surface area contributed by atoms with Crippen LogP contribution in [0.15, 0.2) is 24.3 Å². The second kappa shape index (κ2) is 6.47. The maximum absolute atomic E-state index is 13.4. The number of non-ortho nitro benzene ring substituents is 1. The first-order chi connectivity index (χ1) is 13.0. The van der Waals surface area contributed by atoms with Crippen LogP contribution in [0.4, 0.5) is 21.0 Å². The standard InChI is InChI=1S/C18H22N4O6/c1-17(2,3)21-14(23)18(8-10-19(11-9-18)16(25)26)20(15(21)24)12-4-6-13(7-5-12)22(27)28/h4-7H,8-11H2,1-3H3,(H,25,26). The summed E-state index contributed by atoms with van der Waals surface area (Å²) in [7, 11) is 0. The van der Waals surface area contributed by atoms with Crippen LogP contribution in [0.1, 0.15) is 33.6 Å². The molecule has 150 valence electrons. The smallest absolute Gasteiger partial charge is 0.407 e. The average molecular weight is 390 g/mol. The minimum Gasteiger partial charge on any atom is -0.465 e. The number of piperidine rings is 1. The van der Waals surface area contributed by atoms with Crippen LogP contribution in [0.3, 0.4) is 0 Å². The fourth-order valence-corrected chi connectivity index (χ4v) is 3.85. The van der Waals surface area contributed by atoms with Gasteiger partial charge in [0.15, 0.2) is 0 Å². The predicted molar refractivity (Wildman–Crippen MR) is 99.1 cm³/mol. The lowest BCUT2D eigenvalue weighted by Gasteiger charge is -2.41. The Bertz CT molecular complexity index is 837. The molecule has 2 aliphatic heterocycles. The Morgan fingerprint density at radius 2 is 1.68 bits per heavy atom. The Hall–Kier alpha value is -3.17. The van der Waals surface area contributed by atoms with Gasteiger partial charge in [-0.15, -0.1) is 0 Å². The quantitative estimate of drug-likeness (QED) is 0.470. The summed E-state index contributed by atoms with van der Waals surface area (Å²) < 4.78 is 0. The third-order valence-electron chi connectivity index (χ3n) is 5.26. The van der Waals surface area contributed by atoms with E-state index in [4.69, 9.17) is 0 Å². The second-order valence-corrected chi connectivity index (χ2v) is 8.00. The molecule has 0 unspecified atom stereocenters. The number of nitrogens with zero attached hydrogens (tertiary/aromatic N) is 4. The Morgan fingerprint density at radius 3 is 2.11 bits per heavy atom. The second-order valence-electron chi connectivity index (χ2n) is 8.00. The number of likely N-dealkylation sites (tertiary alicyclic amines) is 1. The van der Waals surface area contributed by atoms with Crippen molar-refractivity contribution in [2.75, 3.05) is 18.0 Å². The first-order valence-corrected chi connectivity index (χ1v) is 8.90. The number of carbonyl (C=O) groups excluding carboxylic acids is 2. The number of nitro benzene ring substituents is 1. The van der Waals surface area contributed by atoms with Crippen LogP contribution >= 0.6 is 0 Å². The zero-order chi connectivity index (χ0) is 20.9. The van der Waals surface area contributed by atoms with Crippen molar-refractivity contribution >= 4 is 29.4 Å². The van der Waals surface area contributed by atoms with E-state index in [0.717, 1.165) is 0 Å². The zero-order valence-corrected chi connectivity index (χ0v) is 15.9. The minimum atomic E-state index is -1.20. The van der Waals surface area contributed by atoms with E-state index in [-0.39, 0.29) is 37.5 Å². The highest BCUT2D eigenvalue weighted by molar-refractivity contribution is 6.17. The molecule has 2 fully saturated rings. The first kappa shape index (κ1) is 19.6. The number of anilines is 1. The van der Waals surface area contributed by atoms with E-state index >= 15 is 0 Å². The Labute approximate surface area is 161 Å². The van der Waals surface area contributed by atoms with E-state index in [9.17, 15) is 29.6 Å². The molecule has 1 spiro atoms. The normalized spacial score (nSPS) is 19.5. The Balaban J connectivity index is 2.06. The van der Waals surface area contributed by atoms with Gasteiger partial charge in [-0.25, -0.2) is 9.59 Å². The van der Waals surface area contributed by atoms with Crippen molar-refractivity contribution in [2.24, 2.45) is 0 Å². The number of urea groups is 1. The SMILES string of the molecule is CC(C)(C)N1C(=O)N(c2ccc([N+](=O)[O-])cc2)C2(CCN(C(=O)O)CC2)C1=O. The molecule has 0 aliphatic carbocycles. The van der Waals surface area contributed by atoms with Gasteiger partial charge in [0.05, 0.1) is 4.92 Å². The third kappa shape index (κ3) is 2.94. The lowest BCUT2D eigenvalue weighted by atomic mass is 9.85. The molecule has 4 amide bonds. The van der Waals surface area contributed by atoms with Gasteiger partial charge in [0.25, 0.3) is 11.6 Å². The Morgan fingerprint density at radius 1 is 1.14 bits per heavy atom. The number of nitro groups is 1. The van der Waals surface area contributed by atoms with Gasteiger partial charge in [-0.2, -0.15) is 0 Å². The summed E-state index contributed by atoms with van der Waals surface area (Å²) in [5.74, 6) is -0.367. The van der Waals surface area contributed by atoms with Crippen LogP contribution in [0.5, 0.6) is 0 Å². The molecule has 0 radical (unpaired) electrons. The molecular weight excluding hydrogens is 368 g/mol. The number of carbonyl (C=O) groups is 3. The molecule has 2 heterocycles. The molecular formula is C18H22N4O6. The number of imide groups is 1. The van der Waals surface area contributed by atoms with Crippen LogP contribution in [0.25, 0.3) is 0 Å². The molecule has 3 rings (SSSR count). The van der Waals surface area contributed by atoms with Crippen LogP contribution in [0.2, 0.25) is 0 Å². The summed E-state index contributed by atoms with van der Waals surface area (Å²) in [5, 5.41) is 20.2. The molecule has 10 nitrogen and oxygen atoms in total. The Kier molecular flexibility index (Phi) is 4.52. The fourth-order valence-electron chi connectivity index (χ4n) is 3.85. The molecule has 1 aromatic carbocycles. The number of carboxylic acid groups (broad SMARTS) is 1. The topological polar surface area (TPSA) is 124 Å². The highest BCUT2D eigenvalue weighted by atomic mass is 16.6. The monoisotopic (exact) mass is 390 g/mol. The summed E-state index contributed by atoms with van der Waals surface area (Å²) in [4.78, 5) is 52.1. The van der Waals surface area contributed by atoms with Crippen LogP contribution in [-0.2, 0) is 4.79 Å². The van der Waals surface area contributed by atoms with Gasteiger partial charge in [-0.1, -0.05) is 0 Å². The van der Waals surface area contributed by atoms with Crippen molar-refractivity contribution in [1.82, 2.24) is 9.80 Å². The molecule has 1 aromatic rings. The molecule has 0 bridgehead atoms. The number of benzene rings is 1. The molecule has 0 atom stereocenters. The highest BCUT2D eigenvalue weighted by Gasteiger charge is 2.61. The van der Waals surface area contributed by atoms with Crippen molar-refractivity contribution < 1.29 is 24.4 Å². The number of hydrogen-bond donors (Lipinski definition) is 1. The van der Waals surface area contributed by atoms with Crippen LogP contribution < -0.4 is 4.90 Å². The fraction of sp³-hybridized carbons (Fsp3) is 0.500. The lowest BCUT2D eigenvalue weighted by Crippen LogP contribution is -2.58. The summed E-state index contributed by atoms with van der Waals surface area (Å²) in [5.41, 5.74) is -1.71. The highest BCUT2D eigenvalue weighted by Crippen LogP contribution is 2.43. The minimum absolute atomic E-state index is 0.121. The third-order valence-corrected chi connectivity index (χ3v) is 5.26. The van der Waals surface area contributed by atoms with Crippen LogP contribution in [-0.4, -0.2) is 62.0 Å². The molecule has 1 N–H and O–H groups in total. The number of rotatable bonds is 2. The summed E-state index contributed by atoms with van der Waals surface area (Å²) in [6.07, 6.45) is -0.748. The molecule has 0 saturated carbocycles. The van der Waals surface area contributed by atoms with Gasteiger partial charge in [-0.3, -0.25) is 24.7 Å². The van der Waals surface area contributed by atoms with Gasteiger partial charge < -0.3 is 10.0 Å². The van der Waals surface area contributed by atoms with Gasteiger partial charge >= 0.3 is 12.1 Å². The van der Waals surface area contributed by atoms with E-state index in [1.165, 1.54) is 39.0 Å². The van der Waals surface area contributed by atoms with Crippen molar-refractivity contribution in [1.29, 1.82) is 0 Å². The number of amides is 4. The maximum Gasteiger partial charge on any atom is 0.407 e. The zero-order valence-electron chi connectivity index (χ0n) is 15.9.